The first kappa shape index (κ1) is 133. The first-order valence-electron chi connectivity index (χ1n) is 58.5. The van der Waals surface area contributed by atoms with E-state index in [1.54, 1.807) is 6.92 Å². The number of carboxylic acid groups (broad SMARTS) is 1. The smallest absolute Gasteiger partial charge is 0.407 e. The van der Waals surface area contributed by atoms with Crippen LogP contribution in [0.3, 0.4) is 0 Å². The van der Waals surface area contributed by atoms with Crippen molar-refractivity contribution in [1.82, 2.24) is 21.3 Å². The third kappa shape index (κ3) is 66.1. The van der Waals surface area contributed by atoms with Gasteiger partial charge in [0, 0.05) is 64.0 Å². The molecule has 4 amide bonds. The van der Waals surface area contributed by atoms with E-state index in [2.05, 4.69) is 104 Å². The van der Waals surface area contributed by atoms with Crippen LogP contribution in [0, 0.1) is 17.8 Å². The Morgan fingerprint density at radius 3 is 1.16 bits per heavy atom. The number of ether oxygens (including phenoxy) is 8. The van der Waals surface area contributed by atoms with Gasteiger partial charge in [-0.05, 0) is 85.5 Å². The number of alkyl carbamates (subject to hydrolysis) is 1. The fourth-order valence-corrected chi connectivity index (χ4v) is 19.0. The van der Waals surface area contributed by atoms with Crippen molar-refractivity contribution in [1.29, 1.82) is 0 Å². The van der Waals surface area contributed by atoms with Crippen molar-refractivity contribution in [3.05, 3.63) is 144 Å². The van der Waals surface area contributed by atoms with Gasteiger partial charge in [-0.3, -0.25) is 28.8 Å². The molecule has 11 N–H and O–H groups in total. The van der Waals surface area contributed by atoms with E-state index >= 15 is 0 Å². The Hall–Kier alpha value is -7.15. The summed E-state index contributed by atoms with van der Waals surface area (Å²) in [6.07, 6.45) is 47.2. The zero-order valence-electron chi connectivity index (χ0n) is 92.6. The Morgan fingerprint density at radius 2 is 0.716 bits per heavy atom. The summed E-state index contributed by atoms with van der Waals surface area (Å²) in [6.45, 7) is 17.7. The summed E-state index contributed by atoms with van der Waals surface area (Å²) in [5, 5.41) is 82.7. The molecule has 0 aromatic heterocycles. The van der Waals surface area contributed by atoms with Crippen LogP contribution in [0.4, 0.5) is 4.79 Å². The maximum Gasteiger partial charge on any atom is 0.407 e. The number of carbonyl (C=O) groups excluding carboxylic acids is 6. The summed E-state index contributed by atoms with van der Waals surface area (Å²) in [4.78, 5) is 83.1. The summed E-state index contributed by atoms with van der Waals surface area (Å²) in [5.74, 6) is 0.0219. The molecule has 26 heteroatoms. The number of hydrogen-bond acceptors (Lipinski definition) is 21. The van der Waals surface area contributed by atoms with Gasteiger partial charge in [-0.25, -0.2) is 4.79 Å². The first-order valence-corrected chi connectivity index (χ1v) is 58.5. The van der Waals surface area contributed by atoms with Crippen molar-refractivity contribution in [2.24, 2.45) is 17.8 Å². The molecule has 0 bridgehead atoms. The van der Waals surface area contributed by atoms with E-state index in [9.17, 15) is 64.2 Å². The number of unbranched alkanes of at least 4 members (excludes halogenated alkanes) is 43. The Morgan fingerprint density at radius 1 is 0.351 bits per heavy atom. The first-order chi connectivity index (χ1) is 72.0. The molecular weight excluding hydrogens is 1870 g/mol. The molecule has 0 saturated carbocycles. The average Bonchev–Trinajstić information content (AvgIpc) is 0.823. The summed E-state index contributed by atoms with van der Waals surface area (Å²) in [6, 6.07) is 39.2. The van der Waals surface area contributed by atoms with Gasteiger partial charge >= 0.3 is 12.1 Å². The van der Waals surface area contributed by atoms with Gasteiger partial charge in [0.05, 0.1) is 83.1 Å². The molecule has 2 saturated heterocycles. The molecule has 16 atom stereocenters. The highest BCUT2D eigenvalue weighted by Gasteiger charge is 2.46. The predicted molar refractivity (Wildman–Crippen MR) is 590 cm³/mol. The van der Waals surface area contributed by atoms with Crippen molar-refractivity contribution < 1.29 is 107 Å². The van der Waals surface area contributed by atoms with E-state index in [4.69, 9.17) is 43.0 Å². The largest absolute Gasteiger partial charge is 0.481 e. The molecule has 26 nitrogen and oxygen atoms in total. The second-order valence-electron chi connectivity index (χ2n) is 41.8. The highest BCUT2D eigenvalue weighted by atomic mass is 16.7. The van der Waals surface area contributed by atoms with E-state index < -0.39 is 80.0 Å². The second kappa shape index (κ2) is 89.2. The zero-order chi connectivity index (χ0) is 107. The minimum absolute atomic E-state index is 0.00781. The van der Waals surface area contributed by atoms with E-state index in [1.807, 2.05) is 79.7 Å². The topological polar surface area (TPSA) is 383 Å². The third-order valence-electron chi connectivity index (χ3n) is 29.1. The van der Waals surface area contributed by atoms with Crippen LogP contribution in [0.15, 0.2) is 121 Å². The third-order valence-corrected chi connectivity index (χ3v) is 29.1. The molecule has 4 aromatic carbocycles. The molecule has 0 radical (unpaired) electrons. The number of Topliss-reactive ketones (excluding diaryl/α,β-unsaturated/α-hetero) is 2. The number of ketones is 2. The highest BCUT2D eigenvalue weighted by Crippen LogP contribution is 2.37. The fourth-order valence-electron chi connectivity index (χ4n) is 19.0. The molecule has 4 aromatic rings. The van der Waals surface area contributed by atoms with Crippen LogP contribution in [-0.2, 0) is 93.1 Å². The minimum Gasteiger partial charge on any atom is -0.481 e. The molecular formula is C122H204N4O22. The van der Waals surface area contributed by atoms with Crippen molar-refractivity contribution in [2.45, 2.75) is 527 Å². The van der Waals surface area contributed by atoms with Crippen LogP contribution in [0.1, 0.15) is 443 Å². The number of carboxylic acids is 1. The average molecular weight is 2080 g/mol. The summed E-state index contributed by atoms with van der Waals surface area (Å²) < 4.78 is 50.5. The molecule has 2 fully saturated rings. The Kier molecular flexibility index (Phi) is 80.2. The number of carbonyl (C=O) groups is 7. The van der Waals surface area contributed by atoms with Gasteiger partial charge in [-0.1, -0.05) is 439 Å². The van der Waals surface area contributed by atoms with Gasteiger partial charge in [0.1, 0.15) is 54.8 Å². The number of nitrogens with one attached hydrogen (secondary N) is 4. The number of rotatable bonds is 89. The van der Waals surface area contributed by atoms with Gasteiger partial charge < -0.3 is 94.9 Å². The lowest BCUT2D eigenvalue weighted by molar-refractivity contribution is -0.303. The molecule has 0 aliphatic carbocycles. The summed E-state index contributed by atoms with van der Waals surface area (Å²) in [7, 11) is 0. The number of benzene rings is 4. The monoisotopic (exact) mass is 2080 g/mol. The quantitative estimate of drug-likeness (QED) is 0.0183. The maximum atomic E-state index is 14.3. The molecule has 0 spiro atoms. The Labute approximate surface area is 892 Å². The van der Waals surface area contributed by atoms with Gasteiger partial charge in [0.15, 0.2) is 12.6 Å². The van der Waals surface area contributed by atoms with E-state index in [0.717, 1.165) is 209 Å². The van der Waals surface area contributed by atoms with Crippen molar-refractivity contribution in [3.63, 3.8) is 0 Å². The summed E-state index contributed by atoms with van der Waals surface area (Å²) in [5.41, 5.74) is 4.29. The summed E-state index contributed by atoms with van der Waals surface area (Å²) >= 11 is 0. The van der Waals surface area contributed by atoms with Crippen molar-refractivity contribution >= 4 is 41.4 Å². The van der Waals surface area contributed by atoms with Gasteiger partial charge in [0.2, 0.25) is 17.7 Å². The van der Waals surface area contributed by atoms with E-state index in [-0.39, 0.29) is 92.7 Å². The Bertz CT molecular complexity index is 3860. The van der Waals surface area contributed by atoms with Crippen LogP contribution < -0.4 is 21.3 Å². The number of amides is 4. The van der Waals surface area contributed by atoms with E-state index in [0.29, 0.717) is 89.6 Å². The normalized spacial score (nSPS) is 18.8. The fraction of sp³-hybridized carbons (Fsp3) is 0.746. The van der Waals surface area contributed by atoms with Crippen LogP contribution in [0.2, 0.25) is 0 Å². The lowest BCUT2D eigenvalue weighted by Gasteiger charge is -2.44. The van der Waals surface area contributed by atoms with Gasteiger partial charge in [-0.15, -0.1) is 0 Å². The number of aliphatic hydroxyl groups excluding tert-OH is 6. The molecule has 844 valence electrons. The Balaban J connectivity index is 0.000000583. The van der Waals surface area contributed by atoms with Crippen molar-refractivity contribution in [3.8, 4) is 0 Å². The highest BCUT2D eigenvalue weighted by molar-refractivity contribution is 5.82. The van der Waals surface area contributed by atoms with Crippen molar-refractivity contribution in [2.75, 3.05) is 39.5 Å². The second-order valence-corrected chi connectivity index (χ2v) is 41.8. The van der Waals surface area contributed by atoms with Crippen LogP contribution in [0.5, 0.6) is 0 Å². The van der Waals surface area contributed by atoms with Crippen LogP contribution in [0.25, 0.3) is 0 Å². The van der Waals surface area contributed by atoms with Gasteiger partial charge in [0.25, 0.3) is 0 Å². The van der Waals surface area contributed by atoms with Gasteiger partial charge in [-0.2, -0.15) is 0 Å². The molecule has 2 aliphatic rings. The maximum absolute atomic E-state index is 14.3. The standard InChI is InChI=1S/C68H102N2O8.C48H92N2O11.C6H10O3/c1-5-6-7-8-9-10-11-12-14-17-20-35-46-63(74-50-59-40-29-24-30-41-59)66(75-51-60-42-31-25-32-43-60)62(53-76-67-57(4)55(2)56(3)64(78-67)54-73-49-58-38-27-23-28-39-58)70-65(71)47-36-21-18-15-13-16-19-22-37-48-69-68(72)77-52-61-44-33-26-34-45-61;1-3-5-6-7-8-9-10-11-13-16-22-27-32-40(53)44(56)39(37-60-48-47(59)46(58)45(57)41(36-51)61-48)50-43(55)34-29-24-17-14-12-15-20-25-30-35-49-42(54)33-28-23-19-18-21-26-31-38(52)4-2;1-2-5(7)3-4-6(8)9/h23-34,38-45,55-57,62-64,66-67H,5-22,35-37,46-54H2,1-4H3,(H,69,72)(H,70,71);39-41,44-48,51,53,56-59H,3-37H2,1-2H3,(H,49,54)(H,50,55);2-4H2,1H3,(H,8,9)/t55-,56+,57?,62-,63+,64?,66-,67-;39-,40+,41?,44-,45-,46-,47?,48-;/m00./s1. The van der Waals surface area contributed by atoms with Crippen LogP contribution in [-0.4, -0.2) is 196 Å². The number of aliphatic hydroxyl groups is 6. The van der Waals surface area contributed by atoms with E-state index in [1.165, 1.54) is 128 Å². The molecule has 2 heterocycles. The molecule has 4 unspecified atom stereocenters. The lowest BCUT2D eigenvalue weighted by Crippen LogP contribution is -2.60. The molecule has 148 heavy (non-hydrogen) atoms. The number of aliphatic carboxylic acids is 1. The SMILES string of the molecule is CCC(=O)CCC(=O)O.CCCCCCCCCCCCCC[C@@H](O)[C@@H](O)[C@H](CO[C@H]1OC(CO)[C@H](O)[C@H](O)C1O)NC(=O)CCCCCCCCCCCNC(=O)CCCCCCCCC(=O)CC.CCCCCCCCCCCCCC[C@@H](OCc1ccccc1)[C@@H](OCc1ccccc1)[C@H](CO[C@H]1OC(COCc2ccccc2)[C@H](C)[C@H](C)C1C)NC(=O)CCCCCCCCCCCNC(=O)OCc1ccccc1. The molecule has 6 rings (SSSR count). The number of hydrogen-bond donors (Lipinski definition) is 11. The zero-order valence-corrected chi connectivity index (χ0v) is 92.6. The molecule has 2 aliphatic heterocycles. The predicted octanol–water partition coefficient (Wildman–Crippen LogP) is 24.5. The minimum atomic E-state index is -1.62. The van der Waals surface area contributed by atoms with Crippen LogP contribution >= 0.6 is 0 Å². The lowest BCUT2D eigenvalue weighted by atomic mass is 9.79.